The molecule has 4 heteroatoms. The fourth-order valence-electron chi connectivity index (χ4n) is 1.61. The van der Waals surface area contributed by atoms with Crippen LogP contribution in [-0.4, -0.2) is 15.0 Å². The molecule has 0 aliphatic rings. The fraction of sp³-hybridized carbons (Fsp3) is 0.308. The van der Waals surface area contributed by atoms with Gasteiger partial charge < -0.3 is 4.98 Å². The van der Waals surface area contributed by atoms with Gasteiger partial charge in [0.15, 0.2) is 0 Å². The molecule has 2 aromatic rings. The second-order valence-electron chi connectivity index (χ2n) is 4.32. The molecule has 17 heavy (non-hydrogen) atoms. The van der Waals surface area contributed by atoms with E-state index in [4.69, 9.17) is 0 Å². The zero-order chi connectivity index (χ0) is 12.4. The molecule has 0 radical (unpaired) electrons. The normalized spacial score (nSPS) is 10.8. The summed E-state index contributed by atoms with van der Waals surface area (Å²) >= 11 is 0. The maximum absolute atomic E-state index is 11.8. The second kappa shape index (κ2) is 4.49. The van der Waals surface area contributed by atoms with Crippen LogP contribution in [0.1, 0.15) is 31.2 Å². The maximum atomic E-state index is 11.8. The molecule has 0 aromatic carbocycles. The van der Waals surface area contributed by atoms with Crippen molar-refractivity contribution >= 4 is 0 Å². The van der Waals surface area contributed by atoms with Crippen molar-refractivity contribution in [3.63, 3.8) is 0 Å². The van der Waals surface area contributed by atoms with Crippen molar-refractivity contribution in [2.75, 3.05) is 0 Å². The second-order valence-corrected chi connectivity index (χ2v) is 4.32. The van der Waals surface area contributed by atoms with Gasteiger partial charge in [-0.15, -0.1) is 0 Å². The minimum atomic E-state index is -0.0810. The van der Waals surface area contributed by atoms with Crippen LogP contribution in [0.15, 0.2) is 29.3 Å². The van der Waals surface area contributed by atoms with E-state index >= 15 is 0 Å². The molecule has 0 atom stereocenters. The maximum Gasteiger partial charge on any atom is 0.254 e. The number of aromatic amines is 1. The molecule has 0 aliphatic heterocycles. The third-order valence-corrected chi connectivity index (χ3v) is 2.65. The van der Waals surface area contributed by atoms with Crippen molar-refractivity contribution in [2.24, 2.45) is 0 Å². The summed E-state index contributed by atoms with van der Waals surface area (Å²) in [6.45, 7) is 5.78. The summed E-state index contributed by atoms with van der Waals surface area (Å²) in [5.41, 5.74) is 2.13. The monoisotopic (exact) mass is 229 g/mol. The van der Waals surface area contributed by atoms with E-state index in [0.29, 0.717) is 17.1 Å². The van der Waals surface area contributed by atoms with Gasteiger partial charge in [-0.2, -0.15) is 0 Å². The first kappa shape index (κ1) is 11.5. The predicted octanol–water partition coefficient (Wildman–Crippen LogP) is 2.26. The van der Waals surface area contributed by atoms with Crippen molar-refractivity contribution in [2.45, 2.75) is 26.7 Å². The minimum Gasteiger partial charge on any atom is -0.310 e. The summed E-state index contributed by atoms with van der Waals surface area (Å²) in [6, 6.07) is 3.75. The quantitative estimate of drug-likeness (QED) is 0.859. The lowest BCUT2D eigenvalue weighted by molar-refractivity contribution is 0.764. The molecule has 2 rings (SSSR count). The molecule has 0 aliphatic carbocycles. The molecule has 0 saturated carbocycles. The molecule has 2 aromatic heterocycles. The van der Waals surface area contributed by atoms with E-state index in [1.807, 2.05) is 26.0 Å². The van der Waals surface area contributed by atoms with Crippen LogP contribution in [0.4, 0.5) is 0 Å². The standard InChI is InChI=1S/C13H15N3O/c1-8(2)12-15-11(9(3)13(17)16-12)10-5-4-6-14-7-10/h4-8H,1-3H3,(H,15,16,17). The van der Waals surface area contributed by atoms with E-state index in [9.17, 15) is 4.79 Å². The van der Waals surface area contributed by atoms with Crippen LogP contribution >= 0.6 is 0 Å². The first-order valence-corrected chi connectivity index (χ1v) is 5.61. The van der Waals surface area contributed by atoms with E-state index in [1.54, 1.807) is 19.3 Å². The molecule has 88 valence electrons. The van der Waals surface area contributed by atoms with Gasteiger partial charge in [-0.05, 0) is 19.1 Å². The SMILES string of the molecule is Cc1c(-c2cccnc2)nc(C(C)C)[nH]c1=O. The lowest BCUT2D eigenvalue weighted by Crippen LogP contribution is -2.16. The Bertz CT molecular complexity index is 573. The number of H-pyrrole nitrogens is 1. The molecule has 4 nitrogen and oxygen atoms in total. The summed E-state index contributed by atoms with van der Waals surface area (Å²) in [5, 5.41) is 0. The molecule has 1 N–H and O–H groups in total. The smallest absolute Gasteiger partial charge is 0.254 e. The highest BCUT2D eigenvalue weighted by molar-refractivity contribution is 5.61. The van der Waals surface area contributed by atoms with Gasteiger partial charge >= 0.3 is 0 Å². The van der Waals surface area contributed by atoms with Crippen LogP contribution in [-0.2, 0) is 0 Å². The Hall–Kier alpha value is -1.97. The molecule has 0 fully saturated rings. The van der Waals surface area contributed by atoms with Crippen molar-refractivity contribution in [3.8, 4) is 11.3 Å². The van der Waals surface area contributed by atoms with E-state index in [0.717, 1.165) is 5.56 Å². The number of hydrogen-bond donors (Lipinski definition) is 1. The Kier molecular flexibility index (Phi) is 3.04. The highest BCUT2D eigenvalue weighted by atomic mass is 16.1. The highest BCUT2D eigenvalue weighted by Crippen LogP contribution is 2.19. The number of hydrogen-bond acceptors (Lipinski definition) is 3. The van der Waals surface area contributed by atoms with Crippen LogP contribution in [0.25, 0.3) is 11.3 Å². The van der Waals surface area contributed by atoms with E-state index in [-0.39, 0.29) is 11.5 Å². The average molecular weight is 229 g/mol. The van der Waals surface area contributed by atoms with Gasteiger partial charge in [-0.3, -0.25) is 9.78 Å². The Labute approximate surface area is 99.8 Å². The third kappa shape index (κ3) is 2.25. The Morgan fingerprint density at radius 3 is 2.71 bits per heavy atom. The van der Waals surface area contributed by atoms with Crippen LogP contribution in [0, 0.1) is 6.92 Å². The van der Waals surface area contributed by atoms with Gasteiger partial charge in [0.25, 0.3) is 5.56 Å². The van der Waals surface area contributed by atoms with Crippen LogP contribution < -0.4 is 5.56 Å². The first-order chi connectivity index (χ1) is 8.09. The number of nitrogens with one attached hydrogen (secondary N) is 1. The average Bonchev–Trinajstić information content (AvgIpc) is 2.33. The van der Waals surface area contributed by atoms with Gasteiger partial charge in [-0.25, -0.2) is 4.98 Å². The topological polar surface area (TPSA) is 58.6 Å². The van der Waals surface area contributed by atoms with Gasteiger partial charge in [0.1, 0.15) is 5.82 Å². The minimum absolute atomic E-state index is 0.0810. The van der Waals surface area contributed by atoms with Gasteiger partial charge in [-0.1, -0.05) is 13.8 Å². The number of rotatable bonds is 2. The third-order valence-electron chi connectivity index (χ3n) is 2.65. The van der Waals surface area contributed by atoms with E-state index < -0.39 is 0 Å². The van der Waals surface area contributed by atoms with E-state index in [2.05, 4.69) is 15.0 Å². The largest absolute Gasteiger partial charge is 0.310 e. The molecule has 0 saturated heterocycles. The number of nitrogens with zero attached hydrogens (tertiary/aromatic N) is 2. The summed E-state index contributed by atoms with van der Waals surface area (Å²) in [4.78, 5) is 23.2. The lowest BCUT2D eigenvalue weighted by Gasteiger charge is -2.09. The van der Waals surface area contributed by atoms with Crippen molar-refractivity contribution in [1.82, 2.24) is 15.0 Å². The molecule has 0 amide bonds. The summed E-state index contributed by atoms with van der Waals surface area (Å²) in [5.74, 6) is 0.901. The first-order valence-electron chi connectivity index (χ1n) is 5.61. The molecule has 0 bridgehead atoms. The zero-order valence-electron chi connectivity index (χ0n) is 10.2. The number of pyridine rings is 1. The van der Waals surface area contributed by atoms with Crippen molar-refractivity contribution in [1.29, 1.82) is 0 Å². The molecule has 0 spiro atoms. The molecule has 0 unspecified atom stereocenters. The van der Waals surface area contributed by atoms with Gasteiger partial charge in [0, 0.05) is 29.4 Å². The van der Waals surface area contributed by atoms with Crippen LogP contribution in [0.2, 0.25) is 0 Å². The molecular formula is C13H15N3O. The van der Waals surface area contributed by atoms with E-state index in [1.165, 1.54) is 0 Å². The Morgan fingerprint density at radius 2 is 2.12 bits per heavy atom. The van der Waals surface area contributed by atoms with Crippen molar-refractivity contribution < 1.29 is 0 Å². The molecular weight excluding hydrogens is 214 g/mol. The highest BCUT2D eigenvalue weighted by Gasteiger charge is 2.11. The van der Waals surface area contributed by atoms with Crippen LogP contribution in [0.3, 0.4) is 0 Å². The number of aromatic nitrogens is 3. The summed E-state index contributed by atoms with van der Waals surface area (Å²) < 4.78 is 0. The Morgan fingerprint density at radius 1 is 1.35 bits per heavy atom. The predicted molar refractivity (Wildman–Crippen MR) is 66.9 cm³/mol. The summed E-state index contributed by atoms with van der Waals surface area (Å²) in [7, 11) is 0. The van der Waals surface area contributed by atoms with Gasteiger partial charge in [0.2, 0.25) is 0 Å². The fourth-order valence-corrected chi connectivity index (χ4v) is 1.61. The Balaban J connectivity index is 2.65. The van der Waals surface area contributed by atoms with Crippen molar-refractivity contribution in [3.05, 3.63) is 46.3 Å². The summed E-state index contributed by atoms with van der Waals surface area (Å²) in [6.07, 6.45) is 3.42. The van der Waals surface area contributed by atoms with Crippen LogP contribution in [0.5, 0.6) is 0 Å². The van der Waals surface area contributed by atoms with Gasteiger partial charge in [0.05, 0.1) is 5.69 Å². The zero-order valence-corrected chi connectivity index (χ0v) is 10.2. The molecule has 2 heterocycles. The lowest BCUT2D eigenvalue weighted by atomic mass is 10.1.